The Morgan fingerprint density at radius 3 is 2.85 bits per heavy atom. The van der Waals surface area contributed by atoms with E-state index in [-0.39, 0.29) is 5.56 Å². The molecule has 102 valence electrons. The molecular weight excluding hydrogens is 276 g/mol. The molecule has 2 heterocycles. The summed E-state index contributed by atoms with van der Waals surface area (Å²) in [4.78, 5) is 15.3. The highest BCUT2D eigenvalue weighted by Crippen LogP contribution is 2.29. The van der Waals surface area contributed by atoms with Crippen molar-refractivity contribution in [3.63, 3.8) is 0 Å². The first-order valence-electron chi connectivity index (χ1n) is 5.99. The third-order valence-corrected chi connectivity index (χ3v) is 4.26. The Hall–Kier alpha value is -2.28. The lowest BCUT2D eigenvalue weighted by Crippen LogP contribution is -2.28. The minimum atomic E-state index is -0.972. The van der Waals surface area contributed by atoms with Crippen LogP contribution in [-0.4, -0.2) is 31.1 Å². The number of aromatic nitrogens is 4. The van der Waals surface area contributed by atoms with Crippen LogP contribution in [0.3, 0.4) is 0 Å². The summed E-state index contributed by atoms with van der Waals surface area (Å²) in [5.74, 6) is -0.972. The minimum Gasteiger partial charge on any atom is -0.478 e. The highest BCUT2D eigenvalue weighted by atomic mass is 32.1. The van der Waals surface area contributed by atoms with Gasteiger partial charge in [0, 0.05) is 11.6 Å². The Labute approximate surface area is 118 Å². The molecule has 0 radical (unpaired) electrons. The van der Waals surface area contributed by atoms with Crippen LogP contribution in [-0.2, 0) is 5.54 Å². The quantitative estimate of drug-likeness (QED) is 0.800. The highest BCUT2D eigenvalue weighted by molar-refractivity contribution is 7.09. The molecule has 0 fully saturated rings. The average Bonchev–Trinajstić information content (AvgIpc) is 3.07. The van der Waals surface area contributed by atoms with E-state index in [0.29, 0.717) is 5.52 Å². The van der Waals surface area contributed by atoms with Crippen molar-refractivity contribution in [2.24, 2.45) is 0 Å². The van der Waals surface area contributed by atoms with Gasteiger partial charge in [0.15, 0.2) is 0 Å². The summed E-state index contributed by atoms with van der Waals surface area (Å²) >= 11 is 1.55. The van der Waals surface area contributed by atoms with Gasteiger partial charge in [-0.05, 0) is 32.0 Å². The fourth-order valence-electron chi connectivity index (χ4n) is 2.09. The third-order valence-electron chi connectivity index (χ3n) is 3.18. The van der Waals surface area contributed by atoms with Crippen LogP contribution >= 0.6 is 11.3 Å². The number of carboxylic acids is 1. The molecule has 0 atom stereocenters. The first-order chi connectivity index (χ1) is 9.50. The summed E-state index contributed by atoms with van der Waals surface area (Å²) in [5, 5.41) is 20.1. The van der Waals surface area contributed by atoms with Crippen molar-refractivity contribution >= 4 is 28.3 Å². The maximum atomic E-state index is 11.0. The van der Waals surface area contributed by atoms with Gasteiger partial charge in [-0.15, -0.1) is 16.4 Å². The van der Waals surface area contributed by atoms with Crippen LogP contribution in [0.5, 0.6) is 0 Å². The zero-order chi connectivity index (χ0) is 14.3. The normalized spacial score (nSPS) is 11.9. The van der Waals surface area contributed by atoms with E-state index < -0.39 is 11.5 Å². The fourth-order valence-corrected chi connectivity index (χ4v) is 2.83. The maximum Gasteiger partial charge on any atom is 0.335 e. The lowest BCUT2D eigenvalue weighted by atomic mass is 10.1. The molecule has 0 aliphatic carbocycles. The van der Waals surface area contributed by atoms with Crippen molar-refractivity contribution in [1.82, 2.24) is 20.0 Å². The Morgan fingerprint density at radius 1 is 1.40 bits per heavy atom. The molecule has 7 heteroatoms. The monoisotopic (exact) mass is 288 g/mol. The van der Waals surface area contributed by atoms with Crippen LogP contribution in [0.25, 0.3) is 11.0 Å². The predicted octanol–water partition coefficient (Wildman–Crippen LogP) is 2.37. The summed E-state index contributed by atoms with van der Waals surface area (Å²) in [5.41, 5.74) is 1.12. The molecule has 0 saturated carbocycles. The average molecular weight is 288 g/mol. The van der Waals surface area contributed by atoms with Gasteiger partial charge in [0.05, 0.1) is 11.1 Å². The summed E-state index contributed by atoms with van der Waals surface area (Å²) in [7, 11) is 0. The molecule has 3 rings (SSSR count). The molecule has 3 aromatic rings. The molecule has 0 aliphatic heterocycles. The predicted molar refractivity (Wildman–Crippen MR) is 75.0 cm³/mol. The summed E-state index contributed by atoms with van der Waals surface area (Å²) in [6.07, 6.45) is 1.75. The number of hydrogen-bond acceptors (Lipinski definition) is 5. The third kappa shape index (κ3) is 1.87. The van der Waals surface area contributed by atoms with Crippen molar-refractivity contribution in [1.29, 1.82) is 0 Å². The van der Waals surface area contributed by atoms with Crippen LogP contribution < -0.4 is 0 Å². The zero-order valence-electron chi connectivity index (χ0n) is 10.9. The van der Waals surface area contributed by atoms with Crippen LogP contribution in [0.1, 0.15) is 29.2 Å². The second-order valence-electron chi connectivity index (χ2n) is 4.91. The number of nitrogens with zero attached hydrogens (tertiary/aromatic N) is 4. The number of fused-ring (bicyclic) bond motifs is 1. The smallest absolute Gasteiger partial charge is 0.335 e. The van der Waals surface area contributed by atoms with E-state index in [1.807, 2.05) is 19.2 Å². The Kier molecular flexibility index (Phi) is 2.79. The first kappa shape index (κ1) is 12.7. The zero-order valence-corrected chi connectivity index (χ0v) is 11.8. The maximum absolute atomic E-state index is 11.0. The number of aromatic carboxylic acids is 1. The van der Waals surface area contributed by atoms with Crippen LogP contribution in [0.4, 0.5) is 0 Å². The van der Waals surface area contributed by atoms with E-state index in [1.54, 1.807) is 34.3 Å². The number of rotatable bonds is 3. The molecule has 0 aliphatic rings. The Morgan fingerprint density at radius 2 is 2.20 bits per heavy atom. The number of thiazole rings is 1. The molecule has 2 aromatic heterocycles. The van der Waals surface area contributed by atoms with Crippen molar-refractivity contribution in [2.75, 3.05) is 0 Å². The second kappa shape index (κ2) is 4.38. The molecule has 0 unspecified atom stereocenters. The summed E-state index contributed by atoms with van der Waals surface area (Å²) in [6, 6.07) is 4.82. The van der Waals surface area contributed by atoms with E-state index in [4.69, 9.17) is 5.11 Å². The van der Waals surface area contributed by atoms with Gasteiger partial charge in [0.25, 0.3) is 0 Å². The van der Waals surface area contributed by atoms with Gasteiger partial charge in [-0.2, -0.15) is 0 Å². The minimum absolute atomic E-state index is 0.205. The second-order valence-corrected chi connectivity index (χ2v) is 5.80. The topological polar surface area (TPSA) is 80.9 Å². The van der Waals surface area contributed by atoms with Crippen LogP contribution in [0.2, 0.25) is 0 Å². The van der Waals surface area contributed by atoms with Gasteiger partial charge in [-0.3, -0.25) is 0 Å². The molecular formula is C13H12N4O2S. The van der Waals surface area contributed by atoms with E-state index in [0.717, 1.165) is 10.5 Å². The molecule has 6 nitrogen and oxygen atoms in total. The lowest BCUT2D eigenvalue weighted by Gasteiger charge is -2.22. The number of carboxylic acid groups (broad SMARTS) is 1. The van der Waals surface area contributed by atoms with Crippen molar-refractivity contribution in [2.45, 2.75) is 19.4 Å². The van der Waals surface area contributed by atoms with Gasteiger partial charge < -0.3 is 5.11 Å². The van der Waals surface area contributed by atoms with E-state index >= 15 is 0 Å². The first-order valence-corrected chi connectivity index (χ1v) is 6.87. The fraction of sp³-hybridized carbons (Fsp3) is 0.231. The molecule has 0 bridgehead atoms. The number of hydrogen-bond donors (Lipinski definition) is 1. The SMILES string of the molecule is CC(C)(c1nccs1)n1nnc2cc(C(=O)O)ccc21. The van der Waals surface area contributed by atoms with Crippen LogP contribution in [0.15, 0.2) is 29.8 Å². The number of carbonyl (C=O) groups is 1. The largest absolute Gasteiger partial charge is 0.478 e. The standard InChI is InChI=1S/C13H12N4O2S/c1-13(2,12-14-5-6-20-12)17-10-4-3-8(11(18)19)7-9(10)15-16-17/h3-7H,1-2H3,(H,18,19). The molecule has 0 amide bonds. The van der Waals surface area contributed by atoms with Crippen molar-refractivity contribution in [3.8, 4) is 0 Å². The summed E-state index contributed by atoms with van der Waals surface area (Å²) < 4.78 is 1.77. The Bertz CT molecular complexity index is 777. The molecule has 0 saturated heterocycles. The van der Waals surface area contributed by atoms with Crippen molar-refractivity contribution in [3.05, 3.63) is 40.3 Å². The van der Waals surface area contributed by atoms with Gasteiger partial charge in [0.2, 0.25) is 0 Å². The molecule has 1 aromatic carbocycles. The van der Waals surface area contributed by atoms with E-state index in [2.05, 4.69) is 15.3 Å². The van der Waals surface area contributed by atoms with Gasteiger partial charge >= 0.3 is 5.97 Å². The van der Waals surface area contributed by atoms with Crippen molar-refractivity contribution < 1.29 is 9.90 Å². The van der Waals surface area contributed by atoms with E-state index in [1.165, 1.54) is 6.07 Å². The number of benzene rings is 1. The molecule has 0 spiro atoms. The highest BCUT2D eigenvalue weighted by Gasteiger charge is 2.28. The molecule has 20 heavy (non-hydrogen) atoms. The van der Waals surface area contributed by atoms with Gasteiger partial charge in [0.1, 0.15) is 16.1 Å². The van der Waals surface area contributed by atoms with Gasteiger partial charge in [-0.25, -0.2) is 14.5 Å². The lowest BCUT2D eigenvalue weighted by molar-refractivity contribution is 0.0697. The Balaban J connectivity index is 2.16. The van der Waals surface area contributed by atoms with Gasteiger partial charge in [-0.1, -0.05) is 5.21 Å². The van der Waals surface area contributed by atoms with Crippen LogP contribution in [0, 0.1) is 0 Å². The van der Waals surface area contributed by atoms with E-state index in [9.17, 15) is 4.79 Å². The molecule has 1 N–H and O–H groups in total. The summed E-state index contributed by atoms with van der Waals surface area (Å²) in [6.45, 7) is 4.01.